The Labute approximate surface area is 164 Å². The number of carbonyl (C=O) groups excluding carboxylic acids is 1. The third-order valence-corrected chi connectivity index (χ3v) is 5.29. The molecule has 0 aliphatic carbocycles. The SMILES string of the molecule is Cc1cc(C)n(-c2ccc3nnc(CCCC(=O)N4CCCCCC4)n3n2)n1. The lowest BCUT2D eigenvalue weighted by atomic mass is 10.2. The zero-order chi connectivity index (χ0) is 19.5. The van der Waals surface area contributed by atoms with Crippen LogP contribution in [-0.2, 0) is 11.2 Å². The molecule has 0 atom stereocenters. The highest BCUT2D eigenvalue weighted by Crippen LogP contribution is 2.14. The van der Waals surface area contributed by atoms with Crippen LogP contribution in [0.2, 0.25) is 0 Å². The molecule has 1 aliphatic rings. The van der Waals surface area contributed by atoms with Gasteiger partial charge in [-0.25, -0.2) is 4.68 Å². The normalized spacial score (nSPS) is 15.1. The second kappa shape index (κ2) is 8.08. The Morgan fingerprint density at radius 3 is 2.54 bits per heavy atom. The van der Waals surface area contributed by atoms with Crippen LogP contribution in [0.5, 0.6) is 0 Å². The van der Waals surface area contributed by atoms with Crippen molar-refractivity contribution in [1.82, 2.24) is 34.5 Å². The molecule has 0 unspecified atom stereocenters. The number of amides is 1. The maximum absolute atomic E-state index is 12.5. The monoisotopic (exact) mass is 381 g/mol. The summed E-state index contributed by atoms with van der Waals surface area (Å²) in [5, 5.41) is 17.7. The van der Waals surface area contributed by atoms with Gasteiger partial charge in [-0.05, 0) is 51.3 Å². The summed E-state index contributed by atoms with van der Waals surface area (Å²) >= 11 is 0. The van der Waals surface area contributed by atoms with Crippen LogP contribution < -0.4 is 0 Å². The Morgan fingerprint density at radius 1 is 1.04 bits per heavy atom. The third kappa shape index (κ3) is 3.90. The van der Waals surface area contributed by atoms with Gasteiger partial charge in [0.25, 0.3) is 0 Å². The summed E-state index contributed by atoms with van der Waals surface area (Å²) in [6, 6.07) is 5.82. The molecule has 0 spiro atoms. The van der Waals surface area contributed by atoms with Gasteiger partial charge in [0.2, 0.25) is 5.91 Å². The maximum Gasteiger partial charge on any atom is 0.222 e. The van der Waals surface area contributed by atoms with Crippen LogP contribution in [0, 0.1) is 13.8 Å². The van der Waals surface area contributed by atoms with Crippen LogP contribution >= 0.6 is 0 Å². The van der Waals surface area contributed by atoms with Crippen LogP contribution in [-0.4, -0.2) is 53.5 Å². The lowest BCUT2D eigenvalue weighted by Crippen LogP contribution is -2.31. The molecule has 4 heterocycles. The smallest absolute Gasteiger partial charge is 0.222 e. The van der Waals surface area contributed by atoms with Gasteiger partial charge in [-0.15, -0.1) is 15.3 Å². The summed E-state index contributed by atoms with van der Waals surface area (Å²) in [7, 11) is 0. The molecule has 3 aromatic heterocycles. The lowest BCUT2D eigenvalue weighted by molar-refractivity contribution is -0.131. The van der Waals surface area contributed by atoms with Gasteiger partial charge < -0.3 is 4.90 Å². The minimum Gasteiger partial charge on any atom is -0.343 e. The average molecular weight is 381 g/mol. The van der Waals surface area contributed by atoms with Crippen molar-refractivity contribution in [2.45, 2.75) is 58.8 Å². The molecule has 0 aromatic carbocycles. The predicted octanol–water partition coefficient (Wildman–Crippen LogP) is 2.65. The molecule has 0 radical (unpaired) electrons. The predicted molar refractivity (Wildman–Crippen MR) is 105 cm³/mol. The quantitative estimate of drug-likeness (QED) is 0.679. The summed E-state index contributed by atoms with van der Waals surface area (Å²) in [5.41, 5.74) is 2.69. The van der Waals surface area contributed by atoms with Gasteiger partial charge in [-0.3, -0.25) is 4.79 Å². The van der Waals surface area contributed by atoms with Gasteiger partial charge in [0.15, 0.2) is 17.3 Å². The van der Waals surface area contributed by atoms with Crippen LogP contribution in [0.15, 0.2) is 18.2 Å². The average Bonchev–Trinajstić information content (AvgIpc) is 3.11. The van der Waals surface area contributed by atoms with E-state index in [9.17, 15) is 4.79 Å². The first-order chi connectivity index (χ1) is 13.6. The summed E-state index contributed by atoms with van der Waals surface area (Å²) < 4.78 is 3.59. The van der Waals surface area contributed by atoms with Crippen molar-refractivity contribution in [2.75, 3.05) is 13.1 Å². The third-order valence-electron chi connectivity index (χ3n) is 5.29. The Balaban J connectivity index is 1.44. The molecule has 8 nitrogen and oxygen atoms in total. The van der Waals surface area contributed by atoms with Crippen LogP contribution in [0.1, 0.15) is 55.7 Å². The van der Waals surface area contributed by atoms with E-state index in [1.54, 1.807) is 4.52 Å². The fraction of sp³-hybridized carbons (Fsp3) is 0.550. The number of likely N-dealkylation sites (tertiary alicyclic amines) is 1. The van der Waals surface area contributed by atoms with Gasteiger partial charge in [0, 0.05) is 31.6 Å². The van der Waals surface area contributed by atoms with Gasteiger partial charge in [0.1, 0.15) is 0 Å². The lowest BCUT2D eigenvalue weighted by Gasteiger charge is -2.20. The second-order valence-electron chi connectivity index (χ2n) is 7.57. The number of aryl methyl sites for hydroxylation is 3. The standard InChI is InChI=1S/C20H27N7O/c1-15-14-16(2)26(23-15)19-11-10-18-22-21-17(27(18)24-19)8-7-9-20(28)25-12-5-3-4-6-13-25/h10-11,14H,3-9,12-13H2,1-2H3. The van der Waals surface area contributed by atoms with Crippen molar-refractivity contribution in [3.05, 3.63) is 35.4 Å². The molecule has 1 aliphatic heterocycles. The number of rotatable bonds is 5. The van der Waals surface area contributed by atoms with Crippen molar-refractivity contribution < 1.29 is 4.79 Å². The number of hydrogen-bond donors (Lipinski definition) is 0. The molecule has 4 rings (SSSR count). The van der Waals surface area contributed by atoms with E-state index in [0.29, 0.717) is 18.5 Å². The van der Waals surface area contributed by atoms with E-state index in [1.165, 1.54) is 12.8 Å². The van der Waals surface area contributed by atoms with Gasteiger partial charge in [-0.2, -0.15) is 9.61 Å². The molecule has 28 heavy (non-hydrogen) atoms. The van der Waals surface area contributed by atoms with Crippen molar-refractivity contribution in [2.24, 2.45) is 0 Å². The largest absolute Gasteiger partial charge is 0.343 e. The Bertz CT molecular complexity index is 966. The Hall–Kier alpha value is -2.77. The zero-order valence-corrected chi connectivity index (χ0v) is 16.6. The van der Waals surface area contributed by atoms with Gasteiger partial charge >= 0.3 is 0 Å². The fourth-order valence-electron chi connectivity index (χ4n) is 3.83. The van der Waals surface area contributed by atoms with E-state index < -0.39 is 0 Å². The molecule has 0 saturated carbocycles. The molecule has 1 fully saturated rings. The number of fused-ring (bicyclic) bond motifs is 1. The molecule has 1 amide bonds. The van der Waals surface area contributed by atoms with E-state index in [4.69, 9.17) is 0 Å². The first-order valence-electron chi connectivity index (χ1n) is 10.1. The first kappa shape index (κ1) is 18.6. The van der Waals surface area contributed by atoms with Crippen LogP contribution in [0.4, 0.5) is 0 Å². The van der Waals surface area contributed by atoms with Crippen molar-refractivity contribution in [3.8, 4) is 5.82 Å². The van der Waals surface area contributed by atoms with E-state index in [0.717, 1.165) is 55.4 Å². The van der Waals surface area contributed by atoms with E-state index >= 15 is 0 Å². The fourth-order valence-corrected chi connectivity index (χ4v) is 3.83. The molecule has 148 valence electrons. The van der Waals surface area contributed by atoms with Crippen LogP contribution in [0.25, 0.3) is 11.5 Å². The Kier molecular flexibility index (Phi) is 5.36. The molecule has 3 aromatic rings. The zero-order valence-electron chi connectivity index (χ0n) is 16.6. The topological polar surface area (TPSA) is 81.2 Å². The maximum atomic E-state index is 12.5. The highest BCUT2D eigenvalue weighted by molar-refractivity contribution is 5.76. The van der Waals surface area contributed by atoms with E-state index in [-0.39, 0.29) is 5.91 Å². The van der Waals surface area contributed by atoms with Crippen LogP contribution in [0.3, 0.4) is 0 Å². The minimum atomic E-state index is 0.256. The molecular formula is C20H27N7O. The molecule has 0 bridgehead atoms. The highest BCUT2D eigenvalue weighted by Gasteiger charge is 2.16. The van der Waals surface area contributed by atoms with E-state index in [2.05, 4.69) is 20.4 Å². The summed E-state index contributed by atoms with van der Waals surface area (Å²) in [4.78, 5) is 14.5. The number of hydrogen-bond acceptors (Lipinski definition) is 5. The van der Waals surface area contributed by atoms with Gasteiger partial charge in [-0.1, -0.05) is 12.8 Å². The minimum absolute atomic E-state index is 0.256. The Morgan fingerprint density at radius 2 is 1.82 bits per heavy atom. The van der Waals surface area contributed by atoms with Crippen molar-refractivity contribution in [1.29, 1.82) is 0 Å². The second-order valence-corrected chi connectivity index (χ2v) is 7.57. The number of aromatic nitrogens is 6. The van der Waals surface area contributed by atoms with Crippen molar-refractivity contribution in [3.63, 3.8) is 0 Å². The first-order valence-corrected chi connectivity index (χ1v) is 10.1. The molecule has 8 heteroatoms. The highest BCUT2D eigenvalue weighted by atomic mass is 16.2. The molecule has 0 N–H and O–H groups in total. The summed E-state index contributed by atoms with van der Waals surface area (Å²) in [6.45, 7) is 5.78. The molecular weight excluding hydrogens is 354 g/mol. The molecule has 1 saturated heterocycles. The van der Waals surface area contributed by atoms with Gasteiger partial charge in [0.05, 0.1) is 5.69 Å². The van der Waals surface area contributed by atoms with E-state index in [1.807, 2.05) is 41.6 Å². The summed E-state index contributed by atoms with van der Waals surface area (Å²) in [5.74, 6) is 1.77. The number of carbonyl (C=O) groups is 1. The summed E-state index contributed by atoms with van der Waals surface area (Å²) in [6.07, 6.45) is 6.69. The number of nitrogens with zero attached hydrogens (tertiary/aromatic N) is 7. The van der Waals surface area contributed by atoms with Crippen molar-refractivity contribution >= 4 is 11.6 Å².